The molecule has 0 aliphatic heterocycles. The SMILES string of the molecule is O=C(O)c1ccc(OC(=O)c2ccc(O)cc2)cc1.[NaH]. The minimum absolute atomic E-state index is 0. The first-order valence-electron chi connectivity index (χ1n) is 5.41. The summed E-state index contributed by atoms with van der Waals surface area (Å²) >= 11 is 0. The van der Waals surface area contributed by atoms with Crippen LogP contribution in [0.3, 0.4) is 0 Å². The molecule has 0 amide bonds. The first-order chi connectivity index (χ1) is 9.06. The van der Waals surface area contributed by atoms with E-state index in [9.17, 15) is 9.59 Å². The molecule has 0 aromatic heterocycles. The Morgan fingerprint density at radius 3 is 1.85 bits per heavy atom. The molecule has 2 N–H and O–H groups in total. The molecule has 98 valence electrons. The molecule has 0 atom stereocenters. The van der Waals surface area contributed by atoms with Crippen LogP contribution < -0.4 is 4.74 Å². The standard InChI is InChI=1S/C14H10O5.Na.H/c15-11-5-1-10(2-6-11)14(18)19-12-7-3-9(4-8-12)13(16)17;;/h1-8,15H,(H,16,17);;. The minimum atomic E-state index is -1.04. The van der Waals surface area contributed by atoms with E-state index in [1.165, 1.54) is 48.5 Å². The summed E-state index contributed by atoms with van der Waals surface area (Å²) in [4.78, 5) is 22.4. The number of hydrogen-bond acceptors (Lipinski definition) is 4. The summed E-state index contributed by atoms with van der Waals surface area (Å²) in [6, 6.07) is 11.1. The molecule has 0 spiro atoms. The number of carbonyl (C=O) groups excluding carboxylic acids is 1. The molecule has 0 fully saturated rings. The van der Waals surface area contributed by atoms with Crippen LogP contribution in [0, 0.1) is 0 Å². The Kier molecular flexibility index (Phi) is 5.76. The molecule has 0 aliphatic rings. The number of carboxylic acids is 1. The predicted molar refractivity (Wildman–Crippen MR) is 73.6 cm³/mol. The van der Waals surface area contributed by atoms with Crippen molar-refractivity contribution in [3.63, 3.8) is 0 Å². The maximum absolute atomic E-state index is 11.7. The van der Waals surface area contributed by atoms with Crippen molar-refractivity contribution in [3.8, 4) is 11.5 Å². The van der Waals surface area contributed by atoms with Crippen LogP contribution in [0.4, 0.5) is 0 Å². The quantitative estimate of drug-likeness (QED) is 0.508. The zero-order chi connectivity index (χ0) is 13.8. The number of carbonyl (C=O) groups is 2. The van der Waals surface area contributed by atoms with Crippen LogP contribution >= 0.6 is 0 Å². The van der Waals surface area contributed by atoms with Gasteiger partial charge >= 0.3 is 41.5 Å². The van der Waals surface area contributed by atoms with Gasteiger partial charge in [-0.05, 0) is 48.5 Å². The van der Waals surface area contributed by atoms with Crippen LogP contribution in [0.25, 0.3) is 0 Å². The summed E-state index contributed by atoms with van der Waals surface area (Å²) in [5.41, 5.74) is 0.407. The third-order valence-corrected chi connectivity index (χ3v) is 2.41. The van der Waals surface area contributed by atoms with Gasteiger partial charge in [0.05, 0.1) is 11.1 Å². The summed E-state index contributed by atoms with van der Waals surface area (Å²) in [6.07, 6.45) is 0. The first-order valence-corrected chi connectivity index (χ1v) is 5.41. The molecule has 0 saturated heterocycles. The van der Waals surface area contributed by atoms with Crippen molar-refractivity contribution in [1.82, 2.24) is 0 Å². The monoisotopic (exact) mass is 282 g/mol. The van der Waals surface area contributed by atoms with Crippen LogP contribution in [-0.4, -0.2) is 51.7 Å². The van der Waals surface area contributed by atoms with Crippen molar-refractivity contribution in [3.05, 3.63) is 59.7 Å². The Morgan fingerprint density at radius 2 is 1.35 bits per heavy atom. The van der Waals surface area contributed by atoms with Gasteiger partial charge in [0.15, 0.2) is 0 Å². The number of rotatable bonds is 3. The molecule has 0 aliphatic carbocycles. The van der Waals surface area contributed by atoms with Crippen molar-refractivity contribution in [2.24, 2.45) is 0 Å². The number of phenolic OH excluding ortho intramolecular Hbond substituents is 1. The topological polar surface area (TPSA) is 83.8 Å². The van der Waals surface area contributed by atoms with Crippen LogP contribution in [0.1, 0.15) is 20.7 Å². The second-order valence-corrected chi connectivity index (χ2v) is 3.77. The zero-order valence-electron chi connectivity index (χ0n) is 9.74. The number of phenols is 1. The van der Waals surface area contributed by atoms with Crippen LogP contribution in [0.5, 0.6) is 11.5 Å². The Morgan fingerprint density at radius 1 is 0.850 bits per heavy atom. The van der Waals surface area contributed by atoms with Gasteiger partial charge in [0.25, 0.3) is 0 Å². The summed E-state index contributed by atoms with van der Waals surface area (Å²) < 4.78 is 5.06. The maximum atomic E-state index is 11.7. The van der Waals surface area contributed by atoms with E-state index in [4.69, 9.17) is 14.9 Å². The van der Waals surface area contributed by atoms with Gasteiger partial charge in [0, 0.05) is 0 Å². The molecule has 2 rings (SSSR count). The average Bonchev–Trinajstić information content (AvgIpc) is 2.40. The van der Waals surface area contributed by atoms with Gasteiger partial charge in [0.2, 0.25) is 0 Å². The second kappa shape index (κ2) is 7.09. The van der Waals surface area contributed by atoms with E-state index >= 15 is 0 Å². The van der Waals surface area contributed by atoms with Crippen molar-refractivity contribution < 1.29 is 24.5 Å². The average molecular weight is 282 g/mol. The van der Waals surface area contributed by atoms with Gasteiger partial charge in [-0.3, -0.25) is 0 Å². The van der Waals surface area contributed by atoms with E-state index < -0.39 is 11.9 Å². The van der Waals surface area contributed by atoms with E-state index in [2.05, 4.69) is 0 Å². The number of aromatic carboxylic acids is 1. The fourth-order valence-electron chi connectivity index (χ4n) is 1.43. The molecule has 0 heterocycles. The van der Waals surface area contributed by atoms with E-state index in [-0.39, 0.29) is 46.6 Å². The molecular formula is C14H11NaO5. The van der Waals surface area contributed by atoms with Crippen LogP contribution in [-0.2, 0) is 0 Å². The summed E-state index contributed by atoms with van der Waals surface area (Å²) in [5.74, 6) is -1.31. The molecule has 2 aromatic rings. The third kappa shape index (κ3) is 4.09. The van der Waals surface area contributed by atoms with Gasteiger partial charge < -0.3 is 14.9 Å². The predicted octanol–water partition coefficient (Wildman–Crippen LogP) is 1.66. The van der Waals surface area contributed by atoms with E-state index in [0.29, 0.717) is 5.56 Å². The molecule has 0 saturated carbocycles. The van der Waals surface area contributed by atoms with Crippen molar-refractivity contribution in [2.75, 3.05) is 0 Å². The zero-order valence-corrected chi connectivity index (χ0v) is 9.74. The van der Waals surface area contributed by atoms with Crippen LogP contribution in [0.15, 0.2) is 48.5 Å². The van der Waals surface area contributed by atoms with Gasteiger partial charge in [-0.25, -0.2) is 9.59 Å². The van der Waals surface area contributed by atoms with Crippen molar-refractivity contribution >= 4 is 41.5 Å². The Balaban J connectivity index is 0.00000200. The van der Waals surface area contributed by atoms with Gasteiger partial charge in [-0.1, -0.05) is 0 Å². The summed E-state index contributed by atoms with van der Waals surface area (Å²) in [5, 5.41) is 17.8. The second-order valence-electron chi connectivity index (χ2n) is 3.77. The molecular weight excluding hydrogens is 271 g/mol. The number of carboxylic acid groups (broad SMARTS) is 1. The first kappa shape index (κ1) is 16.2. The Hall–Kier alpha value is -1.82. The van der Waals surface area contributed by atoms with E-state index in [1.54, 1.807) is 0 Å². The molecule has 0 bridgehead atoms. The number of aromatic hydroxyl groups is 1. The molecule has 20 heavy (non-hydrogen) atoms. The van der Waals surface area contributed by atoms with Crippen LogP contribution in [0.2, 0.25) is 0 Å². The summed E-state index contributed by atoms with van der Waals surface area (Å²) in [7, 11) is 0. The summed E-state index contributed by atoms with van der Waals surface area (Å²) in [6.45, 7) is 0. The van der Waals surface area contributed by atoms with Crippen molar-refractivity contribution in [1.29, 1.82) is 0 Å². The fourth-order valence-corrected chi connectivity index (χ4v) is 1.43. The van der Waals surface area contributed by atoms with E-state index in [0.717, 1.165) is 0 Å². The molecule has 2 aromatic carbocycles. The number of ether oxygens (including phenoxy) is 1. The molecule has 6 heteroatoms. The van der Waals surface area contributed by atoms with Gasteiger partial charge in [-0.2, -0.15) is 0 Å². The number of benzene rings is 2. The van der Waals surface area contributed by atoms with Gasteiger partial charge in [0.1, 0.15) is 11.5 Å². The van der Waals surface area contributed by atoms with E-state index in [1.807, 2.05) is 0 Å². The molecule has 0 unspecified atom stereocenters. The number of esters is 1. The fraction of sp³-hybridized carbons (Fsp3) is 0. The normalized spacial score (nSPS) is 9.40. The molecule has 5 nitrogen and oxygen atoms in total. The van der Waals surface area contributed by atoms with Crippen molar-refractivity contribution in [2.45, 2.75) is 0 Å². The van der Waals surface area contributed by atoms with Gasteiger partial charge in [-0.15, -0.1) is 0 Å². The Labute approximate surface area is 137 Å². The third-order valence-electron chi connectivity index (χ3n) is 2.41. The Bertz CT molecular complexity index is 604. The molecule has 0 radical (unpaired) electrons. The number of hydrogen-bond donors (Lipinski definition) is 2.